The molecule has 70 valence electrons. The van der Waals surface area contributed by atoms with E-state index in [4.69, 9.17) is 0 Å². The third kappa shape index (κ3) is 13.6. The Hall–Kier alpha value is 0.986. The monoisotopic (exact) mass is 244 g/mol. The lowest BCUT2D eigenvalue weighted by molar-refractivity contribution is 0.614. The maximum Gasteiger partial charge on any atom is 0.316 e. The first-order chi connectivity index (χ1) is 5.41. The van der Waals surface area contributed by atoms with E-state index in [1.165, 1.54) is 50.3 Å². The number of halogens is 1. The van der Waals surface area contributed by atoms with Crippen molar-refractivity contribution in [3.63, 3.8) is 0 Å². The number of alkyl halides is 1. The van der Waals surface area contributed by atoms with Gasteiger partial charge >= 0.3 is 23.1 Å². The molecule has 2 heteroatoms. The van der Waals surface area contributed by atoms with Gasteiger partial charge in [0.25, 0.3) is 0 Å². The molecule has 0 aromatic heterocycles. The first-order valence-corrected chi connectivity index (χ1v) is 5.71. The number of unbranched alkanes of at least 4 members (excludes halogenated alkanes) is 6. The summed E-state index contributed by atoms with van der Waals surface area (Å²) in [6, 6.07) is 0. The van der Waals surface area contributed by atoms with Gasteiger partial charge in [0.15, 0.2) is 0 Å². The molecule has 0 aromatic rings. The fourth-order valence-corrected chi connectivity index (χ4v) is 1.49. The zero-order chi connectivity index (χ0) is 8.36. The lowest BCUT2D eigenvalue weighted by atomic mass is 10.1. The molecule has 0 bridgehead atoms. The molecule has 0 aliphatic heterocycles. The third-order valence-electron chi connectivity index (χ3n) is 1.79. The quantitative estimate of drug-likeness (QED) is 0.266. The average Bonchev–Trinajstić information content (AvgIpc) is 2.03. The lowest BCUT2D eigenvalue weighted by Gasteiger charge is -1.97. The second kappa shape index (κ2) is 14.5. The van der Waals surface area contributed by atoms with Crippen LogP contribution in [0, 0.1) is 0 Å². The van der Waals surface area contributed by atoms with Gasteiger partial charge in [0, 0.05) is 5.33 Å². The minimum absolute atomic E-state index is 0. The van der Waals surface area contributed by atoms with Gasteiger partial charge in [0.2, 0.25) is 0 Å². The molecule has 12 heavy (non-hydrogen) atoms. The van der Waals surface area contributed by atoms with E-state index >= 15 is 0 Å². The van der Waals surface area contributed by atoms with Gasteiger partial charge in [-0.1, -0.05) is 47.7 Å². The minimum atomic E-state index is 0. The summed E-state index contributed by atoms with van der Waals surface area (Å²) in [5.74, 6) is 0. The molecule has 0 atom stereocenters. The largest absolute Gasteiger partial charge is 0.316 e. The van der Waals surface area contributed by atoms with Crippen molar-refractivity contribution in [2.24, 2.45) is 0 Å². The van der Waals surface area contributed by atoms with Gasteiger partial charge in [-0.05, 0) is 19.3 Å². The highest BCUT2D eigenvalue weighted by molar-refractivity contribution is 9.09. The molecule has 0 rings (SSSR count). The highest BCUT2D eigenvalue weighted by Gasteiger charge is 1.88. The van der Waals surface area contributed by atoms with Crippen molar-refractivity contribution in [2.75, 3.05) is 5.33 Å². The molecule has 0 radical (unpaired) electrons. The average molecular weight is 245 g/mol. The summed E-state index contributed by atoms with van der Waals surface area (Å²) in [7, 11) is 0. The third-order valence-corrected chi connectivity index (χ3v) is 2.35. The second-order valence-electron chi connectivity index (χ2n) is 2.89. The van der Waals surface area contributed by atoms with Crippen molar-refractivity contribution in [1.29, 1.82) is 0 Å². The zero-order valence-corrected chi connectivity index (χ0v) is 8.91. The van der Waals surface area contributed by atoms with Crippen LogP contribution in [-0.2, 0) is 0 Å². The normalized spacial score (nSPS) is 9.08. The Bertz CT molecular complexity index is 83.9. The Labute approximate surface area is 101 Å². The summed E-state index contributed by atoms with van der Waals surface area (Å²) in [6.07, 6.45) is 11.5. The summed E-state index contributed by atoms with van der Waals surface area (Å²) >= 11 is 3.43. The first kappa shape index (κ1) is 15.5. The predicted molar refractivity (Wildman–Crippen MR) is 64.9 cm³/mol. The predicted octanol–water partition coefficient (Wildman–Crippen LogP) is 3.38. The molecule has 0 aliphatic carbocycles. The Morgan fingerprint density at radius 3 is 1.92 bits per heavy atom. The molecule has 0 saturated heterocycles. The van der Waals surface area contributed by atoms with Gasteiger partial charge in [-0.15, -0.1) is 6.58 Å². The molecule has 0 nitrogen and oxygen atoms in total. The summed E-state index contributed by atoms with van der Waals surface area (Å²) in [6.45, 7) is 3.70. The molecule has 0 aliphatic rings. The van der Waals surface area contributed by atoms with E-state index in [9.17, 15) is 0 Å². The van der Waals surface area contributed by atoms with Crippen LogP contribution in [0.3, 0.4) is 0 Å². The van der Waals surface area contributed by atoms with Crippen LogP contribution in [0.1, 0.15) is 44.9 Å². The van der Waals surface area contributed by atoms with E-state index in [1.54, 1.807) is 0 Å². The Morgan fingerprint density at radius 2 is 1.42 bits per heavy atom. The summed E-state index contributed by atoms with van der Waals surface area (Å²) < 4.78 is 0. The van der Waals surface area contributed by atoms with Crippen LogP contribution < -0.4 is 0 Å². The summed E-state index contributed by atoms with van der Waals surface area (Å²) in [4.78, 5) is 0. The van der Waals surface area contributed by atoms with E-state index < -0.39 is 0 Å². The number of hydrogen-bond acceptors (Lipinski definition) is 0. The van der Waals surface area contributed by atoms with Gasteiger partial charge in [-0.3, -0.25) is 0 Å². The molecule has 0 amide bonds. The molecule has 0 fully saturated rings. The highest BCUT2D eigenvalue weighted by atomic mass is 79.9. The van der Waals surface area contributed by atoms with Crippen molar-refractivity contribution in [1.82, 2.24) is 0 Å². The van der Waals surface area contributed by atoms with Gasteiger partial charge in [-0.2, -0.15) is 0 Å². The van der Waals surface area contributed by atoms with Crippen LogP contribution in [-0.4, -0.2) is 28.4 Å². The SMILES string of the molecule is C=CCCCCCCCCBr.[MgH2]. The van der Waals surface area contributed by atoms with Crippen LogP contribution in [0.25, 0.3) is 0 Å². The van der Waals surface area contributed by atoms with E-state index in [0.717, 1.165) is 0 Å². The molecule has 0 N–H and O–H groups in total. The van der Waals surface area contributed by atoms with Crippen molar-refractivity contribution >= 4 is 39.0 Å². The smallest absolute Gasteiger partial charge is 0.103 e. The van der Waals surface area contributed by atoms with E-state index in [0.29, 0.717) is 0 Å². The molecule has 0 unspecified atom stereocenters. The molecule has 0 heterocycles. The maximum absolute atomic E-state index is 3.70. The standard InChI is InChI=1S/C10H19Br.Mg.2H/c1-2-3-4-5-6-7-8-9-10-11;;;/h2H,1,3-10H2;;;. The molecule has 0 spiro atoms. The van der Waals surface area contributed by atoms with Crippen LogP contribution in [0.2, 0.25) is 0 Å². The number of rotatable bonds is 8. The lowest BCUT2D eigenvalue weighted by Crippen LogP contribution is -1.79. The van der Waals surface area contributed by atoms with Gasteiger partial charge < -0.3 is 0 Å². The number of hydrogen-bond donors (Lipinski definition) is 0. The van der Waals surface area contributed by atoms with Crippen LogP contribution in [0.4, 0.5) is 0 Å². The first-order valence-electron chi connectivity index (χ1n) is 4.58. The molecular formula is C10H21BrMg. The zero-order valence-electron chi connectivity index (χ0n) is 7.32. The fourth-order valence-electron chi connectivity index (χ4n) is 1.09. The highest BCUT2D eigenvalue weighted by Crippen LogP contribution is 2.07. The fraction of sp³-hybridized carbons (Fsp3) is 0.800. The molecular weight excluding hydrogens is 224 g/mol. The Balaban J connectivity index is 0. The van der Waals surface area contributed by atoms with E-state index in [1.807, 2.05) is 6.08 Å². The van der Waals surface area contributed by atoms with E-state index in [-0.39, 0.29) is 23.1 Å². The molecule has 0 saturated carbocycles. The van der Waals surface area contributed by atoms with Crippen molar-refractivity contribution < 1.29 is 0 Å². The van der Waals surface area contributed by atoms with Crippen LogP contribution in [0.15, 0.2) is 12.7 Å². The van der Waals surface area contributed by atoms with Crippen molar-refractivity contribution in [3.8, 4) is 0 Å². The van der Waals surface area contributed by atoms with Crippen molar-refractivity contribution in [3.05, 3.63) is 12.7 Å². The Morgan fingerprint density at radius 1 is 0.917 bits per heavy atom. The molecule has 0 aromatic carbocycles. The maximum atomic E-state index is 3.70. The van der Waals surface area contributed by atoms with Gasteiger partial charge in [-0.25, -0.2) is 0 Å². The summed E-state index contributed by atoms with van der Waals surface area (Å²) in [5.41, 5.74) is 0. The second-order valence-corrected chi connectivity index (χ2v) is 3.68. The Kier molecular flexibility index (Phi) is 18.7. The minimum Gasteiger partial charge on any atom is -0.103 e. The van der Waals surface area contributed by atoms with Crippen molar-refractivity contribution in [2.45, 2.75) is 44.9 Å². The topological polar surface area (TPSA) is 0 Å². The van der Waals surface area contributed by atoms with Crippen LogP contribution in [0.5, 0.6) is 0 Å². The van der Waals surface area contributed by atoms with Gasteiger partial charge in [0.05, 0.1) is 0 Å². The van der Waals surface area contributed by atoms with Gasteiger partial charge in [0.1, 0.15) is 0 Å². The number of allylic oxidation sites excluding steroid dienone is 1. The van der Waals surface area contributed by atoms with E-state index in [2.05, 4.69) is 22.5 Å². The van der Waals surface area contributed by atoms with Crippen LogP contribution >= 0.6 is 15.9 Å². The summed E-state index contributed by atoms with van der Waals surface area (Å²) in [5, 5.41) is 1.17.